The molecule has 2 amide bonds. The van der Waals surface area contributed by atoms with E-state index in [1.807, 2.05) is 20.8 Å². The smallest absolute Gasteiger partial charge is 0.308 e. The zero-order valence-corrected chi connectivity index (χ0v) is 28.7. The largest absolute Gasteiger partial charge is 0.495 e. The van der Waals surface area contributed by atoms with Gasteiger partial charge >= 0.3 is 5.97 Å². The average Bonchev–Trinajstić information content (AvgIpc) is 3.11. The van der Waals surface area contributed by atoms with Crippen molar-refractivity contribution in [2.24, 2.45) is 5.92 Å². The number of halogens is 1. The number of ether oxygens (including phenoxy) is 2. The Balaban J connectivity index is 1.41. The summed E-state index contributed by atoms with van der Waals surface area (Å²) < 4.78 is 12.6. The van der Waals surface area contributed by atoms with Gasteiger partial charge < -0.3 is 19.7 Å². The van der Waals surface area contributed by atoms with E-state index < -0.39 is 17.2 Å². The van der Waals surface area contributed by atoms with Gasteiger partial charge in [0.2, 0.25) is 5.91 Å². The van der Waals surface area contributed by atoms with Gasteiger partial charge in [0.1, 0.15) is 17.4 Å². The fourth-order valence-corrected chi connectivity index (χ4v) is 6.54. The van der Waals surface area contributed by atoms with Crippen molar-refractivity contribution in [2.75, 3.05) is 19.5 Å². The van der Waals surface area contributed by atoms with E-state index in [-0.39, 0.29) is 30.2 Å². The lowest BCUT2D eigenvalue weighted by molar-refractivity contribution is -0.156. The molecule has 0 bridgehead atoms. The van der Waals surface area contributed by atoms with Gasteiger partial charge in [-0.15, -0.1) is 0 Å². The molecule has 3 aromatic rings. The van der Waals surface area contributed by atoms with Crippen molar-refractivity contribution in [3.05, 3.63) is 80.7 Å². The van der Waals surface area contributed by atoms with Gasteiger partial charge in [-0.3, -0.25) is 23.7 Å². The molecule has 10 nitrogen and oxygen atoms in total. The molecule has 2 unspecified atom stereocenters. The summed E-state index contributed by atoms with van der Waals surface area (Å²) >= 11 is 6.23. The molecule has 48 heavy (non-hydrogen) atoms. The lowest BCUT2D eigenvalue weighted by Gasteiger charge is -2.30. The summed E-state index contributed by atoms with van der Waals surface area (Å²) in [6.07, 6.45) is 6.18. The number of fused-ring (bicyclic) bond motifs is 1. The van der Waals surface area contributed by atoms with Crippen molar-refractivity contribution >= 4 is 35.1 Å². The maximum atomic E-state index is 14.0. The Bertz CT molecular complexity index is 1830. The molecular formula is C37H41ClN4O6. The first-order valence-electron chi connectivity index (χ1n) is 16.2. The second-order valence-electron chi connectivity index (χ2n) is 13.6. The molecule has 1 N–H and O–H groups in total. The van der Waals surface area contributed by atoms with Crippen LogP contribution < -0.4 is 15.6 Å². The van der Waals surface area contributed by atoms with E-state index in [9.17, 15) is 24.4 Å². The molecule has 1 aromatic heterocycles. The number of nitrogens with zero attached hydrogens (tertiary/aromatic N) is 3. The minimum Gasteiger partial charge on any atom is -0.495 e. The summed E-state index contributed by atoms with van der Waals surface area (Å²) in [5, 5.41) is 13.1. The first-order valence-corrected chi connectivity index (χ1v) is 16.6. The quantitative estimate of drug-likeness (QED) is 0.256. The fourth-order valence-electron chi connectivity index (χ4n) is 6.37. The van der Waals surface area contributed by atoms with Crippen LogP contribution in [0.4, 0.5) is 5.69 Å². The second kappa shape index (κ2) is 14.2. The zero-order valence-electron chi connectivity index (χ0n) is 28.0. The van der Waals surface area contributed by atoms with Crippen LogP contribution in [-0.2, 0) is 20.7 Å². The van der Waals surface area contributed by atoms with Crippen LogP contribution in [-0.4, -0.2) is 53.1 Å². The number of nitriles is 1. The van der Waals surface area contributed by atoms with E-state index in [1.165, 1.54) is 23.9 Å². The molecule has 2 atom stereocenters. The van der Waals surface area contributed by atoms with Gasteiger partial charge in [-0.05, 0) is 87.9 Å². The Hall–Kier alpha value is -4.62. The molecule has 1 saturated carbocycles. The predicted octanol–water partition coefficient (Wildman–Crippen LogP) is 6.54. The van der Waals surface area contributed by atoms with Crippen LogP contribution in [0, 0.1) is 17.2 Å². The molecule has 1 aliphatic carbocycles. The predicted molar refractivity (Wildman–Crippen MR) is 183 cm³/mol. The van der Waals surface area contributed by atoms with Crippen LogP contribution in [0.15, 0.2) is 53.5 Å². The monoisotopic (exact) mass is 672 g/mol. The fraction of sp³-hybridized carbons (Fsp3) is 0.432. The molecule has 1 aliphatic heterocycles. The number of carbonyl (C=O) groups excluding carboxylic acids is 3. The molecule has 11 heteroatoms. The third-order valence-electron chi connectivity index (χ3n) is 9.12. The first-order chi connectivity index (χ1) is 22.8. The molecule has 2 heterocycles. The lowest BCUT2D eigenvalue weighted by Crippen LogP contribution is -2.38. The molecule has 2 aliphatic rings. The topological polar surface area (TPSA) is 131 Å². The van der Waals surface area contributed by atoms with E-state index in [2.05, 4.69) is 11.4 Å². The number of anilines is 1. The number of pyridine rings is 1. The number of esters is 1. The lowest BCUT2D eigenvalue weighted by atomic mass is 9.80. The summed E-state index contributed by atoms with van der Waals surface area (Å²) in [7, 11) is 3.16. The number of nitrogens with one attached hydrogen (secondary N) is 1. The molecule has 5 rings (SSSR count). The van der Waals surface area contributed by atoms with Crippen molar-refractivity contribution in [3.8, 4) is 22.9 Å². The third kappa shape index (κ3) is 7.74. The van der Waals surface area contributed by atoms with E-state index >= 15 is 0 Å². The summed E-state index contributed by atoms with van der Waals surface area (Å²) in [6, 6.07) is 12.3. The minimum atomic E-state index is -0.828. The van der Waals surface area contributed by atoms with Crippen LogP contribution in [0.2, 0.25) is 5.02 Å². The Kier molecular flexibility index (Phi) is 10.3. The molecular weight excluding hydrogens is 632 g/mol. The summed E-state index contributed by atoms with van der Waals surface area (Å²) in [4.78, 5) is 55.2. The molecule has 252 valence electrons. The average molecular weight is 673 g/mol. The number of rotatable bonds is 9. The van der Waals surface area contributed by atoms with Crippen molar-refractivity contribution < 1.29 is 23.9 Å². The van der Waals surface area contributed by atoms with Gasteiger partial charge in [-0.2, -0.15) is 5.26 Å². The molecule has 0 spiro atoms. The number of aromatic nitrogens is 1. The number of aryl methyl sites for hydroxylation is 1. The summed E-state index contributed by atoms with van der Waals surface area (Å²) in [6.45, 7) is 5.43. The van der Waals surface area contributed by atoms with Gasteiger partial charge in [0.05, 0.1) is 31.4 Å². The maximum Gasteiger partial charge on any atom is 0.308 e. The Morgan fingerprint density at radius 1 is 1.06 bits per heavy atom. The van der Waals surface area contributed by atoms with Crippen LogP contribution in [0.3, 0.4) is 0 Å². The Morgan fingerprint density at radius 3 is 2.46 bits per heavy atom. The number of hydrogen-bond acceptors (Lipinski definition) is 7. The van der Waals surface area contributed by atoms with Crippen LogP contribution in [0.1, 0.15) is 86.8 Å². The van der Waals surface area contributed by atoms with Crippen LogP contribution >= 0.6 is 11.6 Å². The van der Waals surface area contributed by atoms with Crippen molar-refractivity contribution in [3.63, 3.8) is 0 Å². The number of carbonyl (C=O) groups is 3. The van der Waals surface area contributed by atoms with Crippen molar-refractivity contribution in [1.29, 1.82) is 5.26 Å². The Morgan fingerprint density at radius 2 is 1.81 bits per heavy atom. The van der Waals surface area contributed by atoms with Gasteiger partial charge in [0.25, 0.3) is 11.5 Å². The van der Waals surface area contributed by atoms with Gasteiger partial charge in [-0.25, -0.2) is 0 Å². The highest BCUT2D eigenvalue weighted by Crippen LogP contribution is 2.37. The van der Waals surface area contributed by atoms with E-state index in [0.717, 1.165) is 24.8 Å². The number of amides is 2. The highest BCUT2D eigenvalue weighted by molar-refractivity contribution is 6.31. The number of benzene rings is 2. The third-order valence-corrected chi connectivity index (χ3v) is 9.35. The second-order valence-corrected chi connectivity index (χ2v) is 14.0. The molecule has 2 aromatic carbocycles. The van der Waals surface area contributed by atoms with E-state index in [4.69, 9.17) is 21.1 Å². The first kappa shape index (κ1) is 34.7. The highest BCUT2D eigenvalue weighted by atomic mass is 35.5. The standard InChI is InChI=1S/C37H41ClN4O6/c1-37(2,3)48-34(44)18-27-13-10-23-16-26(12-14-28(23)36(46)41(27)4)40-35(45)31(15-22-7-6-8-22)42-21-32(47-5)30(19-33(42)43)29-17-25(38)11-9-24(29)20-39/h9,11-12,14,16-17,19,21-22,27,31H,6-8,10,13,15,18H2,1-5H3,(H,40,45). The summed E-state index contributed by atoms with van der Waals surface area (Å²) in [5.41, 5.74) is 1.96. The molecule has 1 fully saturated rings. The van der Waals surface area contributed by atoms with Crippen molar-refractivity contribution in [1.82, 2.24) is 9.47 Å². The number of methoxy groups -OCH3 is 1. The van der Waals surface area contributed by atoms with E-state index in [1.54, 1.807) is 48.3 Å². The van der Waals surface area contributed by atoms with Crippen LogP contribution in [0.25, 0.3) is 11.1 Å². The zero-order chi connectivity index (χ0) is 34.7. The van der Waals surface area contributed by atoms with E-state index in [0.29, 0.717) is 63.9 Å². The normalized spacial score (nSPS) is 17.0. The van der Waals surface area contributed by atoms with Gasteiger partial charge in [0, 0.05) is 46.6 Å². The molecule has 0 radical (unpaired) electrons. The summed E-state index contributed by atoms with van der Waals surface area (Å²) in [5.74, 6) is -0.303. The van der Waals surface area contributed by atoms with Gasteiger partial charge in [0.15, 0.2) is 0 Å². The highest BCUT2D eigenvalue weighted by Gasteiger charge is 2.32. The van der Waals surface area contributed by atoms with Gasteiger partial charge in [-0.1, -0.05) is 30.9 Å². The SMILES string of the molecule is COc1cn(C(CC2CCC2)C(=O)Nc2ccc3c(c2)CCC(CC(=O)OC(C)(C)C)N(C)C3=O)c(=O)cc1-c1cc(Cl)ccc1C#N. The van der Waals surface area contributed by atoms with Crippen molar-refractivity contribution in [2.45, 2.75) is 83.4 Å². The minimum absolute atomic E-state index is 0.0894. The Labute approximate surface area is 285 Å². The maximum absolute atomic E-state index is 14.0. The number of hydrogen-bond donors (Lipinski definition) is 1. The molecule has 0 saturated heterocycles. The van der Waals surface area contributed by atoms with Crippen LogP contribution in [0.5, 0.6) is 5.75 Å².